The van der Waals surface area contributed by atoms with Gasteiger partial charge in [0, 0.05) is 27.1 Å². The molecule has 20 heteroatoms. The monoisotopic (exact) mass is 1040 g/mol. The molecule has 0 aromatic heterocycles. The van der Waals surface area contributed by atoms with Gasteiger partial charge in [0.2, 0.25) is 35.4 Å². The number of carbonyl (C=O) groups excluding carboxylic acids is 9. The van der Waals surface area contributed by atoms with Crippen LogP contribution in [0.5, 0.6) is 5.75 Å². The molecule has 3 fully saturated rings. The van der Waals surface area contributed by atoms with Crippen molar-refractivity contribution in [3.63, 3.8) is 0 Å². The number of likely N-dealkylation sites (N-methyl/N-ethyl adjacent to an activating group) is 2. The molecular weight excluding hydrogens is 955 g/mol. The number of ether oxygens (including phenoxy) is 3. The number of nitrogens with zero attached hydrogens (tertiary/aromatic N) is 3. The third kappa shape index (κ3) is 15.9. The zero-order chi connectivity index (χ0) is 55.3. The van der Waals surface area contributed by atoms with E-state index in [1.807, 2.05) is 34.6 Å². The summed E-state index contributed by atoms with van der Waals surface area (Å²) in [5, 5.41) is 23.3. The van der Waals surface area contributed by atoms with E-state index in [4.69, 9.17) is 14.2 Å². The van der Waals surface area contributed by atoms with Crippen LogP contribution in [0.4, 0.5) is 0 Å². The van der Waals surface area contributed by atoms with Gasteiger partial charge in [0.25, 0.3) is 0 Å². The van der Waals surface area contributed by atoms with Crippen LogP contribution in [-0.2, 0) is 59.0 Å². The number of Topliss-reactive ketones (excluding diaryl/α,β-unsaturated/α-hetero) is 1. The van der Waals surface area contributed by atoms with Crippen molar-refractivity contribution in [1.29, 1.82) is 0 Å². The van der Waals surface area contributed by atoms with Gasteiger partial charge in [0.15, 0.2) is 11.9 Å². The summed E-state index contributed by atoms with van der Waals surface area (Å²) < 4.78 is 17.2. The quantitative estimate of drug-likeness (QED) is 0.133. The zero-order valence-electron chi connectivity index (χ0n) is 45.9. The van der Waals surface area contributed by atoms with Crippen LogP contribution >= 0.6 is 0 Å². The van der Waals surface area contributed by atoms with Crippen LogP contribution < -0.4 is 26.0 Å². The lowest BCUT2D eigenvalue weighted by Crippen LogP contribution is -2.62. The van der Waals surface area contributed by atoms with Gasteiger partial charge in [-0.15, -0.1) is 0 Å². The second-order valence-corrected chi connectivity index (χ2v) is 21.7. The Morgan fingerprint density at radius 1 is 0.892 bits per heavy atom. The molecule has 3 heterocycles. The molecule has 12 atom stereocenters. The summed E-state index contributed by atoms with van der Waals surface area (Å²) >= 11 is 0. The van der Waals surface area contributed by atoms with Crippen molar-refractivity contribution >= 4 is 53.2 Å². The van der Waals surface area contributed by atoms with Crippen molar-refractivity contribution < 1.29 is 62.5 Å². The highest BCUT2D eigenvalue weighted by Crippen LogP contribution is 2.26. The molecule has 20 nitrogen and oxygen atoms in total. The Bertz CT molecular complexity index is 2130. The second kappa shape index (κ2) is 27.8. The highest BCUT2D eigenvalue weighted by Gasteiger charge is 2.45. The van der Waals surface area contributed by atoms with Gasteiger partial charge in [0.1, 0.15) is 42.1 Å². The summed E-state index contributed by atoms with van der Waals surface area (Å²) in [6, 6.07) is -1.16. The van der Waals surface area contributed by atoms with Crippen LogP contribution in [0.3, 0.4) is 0 Å². The van der Waals surface area contributed by atoms with E-state index in [1.165, 1.54) is 49.8 Å². The predicted octanol–water partition coefficient (Wildman–Crippen LogP) is 2.70. The molecule has 74 heavy (non-hydrogen) atoms. The summed E-state index contributed by atoms with van der Waals surface area (Å²) in [6.07, 6.45) is -2.50. The first kappa shape index (κ1) is 60.9. The Labute approximate surface area is 437 Å². The van der Waals surface area contributed by atoms with Crippen molar-refractivity contribution in [2.24, 2.45) is 29.6 Å². The Balaban J connectivity index is 1.88. The number of hydrogen-bond acceptors (Lipinski definition) is 14. The van der Waals surface area contributed by atoms with Crippen LogP contribution in [-0.4, -0.2) is 168 Å². The molecule has 0 aliphatic carbocycles. The maximum absolute atomic E-state index is 14.9. The largest absolute Gasteiger partial charge is 0.497 e. The zero-order valence-corrected chi connectivity index (χ0v) is 45.9. The van der Waals surface area contributed by atoms with Crippen LogP contribution in [0.25, 0.3) is 0 Å². The molecule has 0 bridgehead atoms. The number of methoxy groups -OCH3 is 1. The highest BCUT2D eigenvalue weighted by molar-refractivity contribution is 6.05. The summed E-state index contributed by atoms with van der Waals surface area (Å²) in [5.74, 6) is -8.71. The Morgan fingerprint density at radius 3 is 2.12 bits per heavy atom. The van der Waals surface area contributed by atoms with Crippen molar-refractivity contribution in [2.45, 2.75) is 188 Å². The lowest BCUT2D eigenvalue weighted by atomic mass is 9.91. The third-order valence-corrected chi connectivity index (χ3v) is 14.7. The van der Waals surface area contributed by atoms with E-state index < -0.39 is 132 Å². The molecular formula is C54H85N7O13. The minimum Gasteiger partial charge on any atom is -0.497 e. The molecule has 3 aliphatic heterocycles. The molecule has 5 N–H and O–H groups in total. The molecule has 3 saturated heterocycles. The molecule has 1 aromatic rings. The van der Waals surface area contributed by atoms with Gasteiger partial charge in [-0.1, -0.05) is 73.9 Å². The number of rotatable bonds is 14. The van der Waals surface area contributed by atoms with Gasteiger partial charge in [-0.3, -0.25) is 38.4 Å². The van der Waals surface area contributed by atoms with Gasteiger partial charge in [0.05, 0.1) is 37.6 Å². The van der Waals surface area contributed by atoms with E-state index in [0.29, 0.717) is 37.1 Å². The maximum Gasteiger partial charge on any atom is 0.329 e. The Kier molecular flexibility index (Phi) is 22.9. The Hall–Kier alpha value is -5.63. The van der Waals surface area contributed by atoms with Crippen LogP contribution in [0.2, 0.25) is 0 Å². The van der Waals surface area contributed by atoms with Crippen molar-refractivity contribution in [3.05, 3.63) is 29.8 Å². The van der Waals surface area contributed by atoms with Gasteiger partial charge < -0.3 is 55.3 Å². The fraction of sp³-hybridized carbons (Fsp3) is 0.722. The molecule has 414 valence electrons. The smallest absolute Gasteiger partial charge is 0.329 e. The predicted molar refractivity (Wildman–Crippen MR) is 275 cm³/mol. The molecule has 3 aliphatic rings. The van der Waals surface area contributed by atoms with Crippen molar-refractivity contribution in [1.82, 2.24) is 36.0 Å². The summed E-state index contributed by atoms with van der Waals surface area (Å²) in [6.45, 7) is 17.9. The third-order valence-electron chi connectivity index (χ3n) is 14.7. The van der Waals surface area contributed by atoms with E-state index in [-0.39, 0.29) is 50.0 Å². The van der Waals surface area contributed by atoms with E-state index in [1.54, 1.807) is 45.0 Å². The first-order valence-corrected chi connectivity index (χ1v) is 26.5. The van der Waals surface area contributed by atoms with Crippen LogP contribution in [0.1, 0.15) is 126 Å². The minimum absolute atomic E-state index is 0.0893. The van der Waals surface area contributed by atoms with E-state index >= 15 is 0 Å². The highest BCUT2D eigenvalue weighted by atomic mass is 16.6. The van der Waals surface area contributed by atoms with Gasteiger partial charge in [-0.2, -0.15) is 0 Å². The average molecular weight is 1040 g/mol. The number of nitrogens with one attached hydrogen (secondary N) is 4. The number of aliphatic hydroxyl groups is 1. The number of aliphatic hydroxyl groups excluding tert-OH is 1. The van der Waals surface area contributed by atoms with Gasteiger partial charge in [-0.25, -0.2) is 4.79 Å². The van der Waals surface area contributed by atoms with Crippen LogP contribution in [0, 0.1) is 29.6 Å². The molecule has 0 spiro atoms. The number of ketones is 1. The molecule has 6 amide bonds. The van der Waals surface area contributed by atoms with Crippen molar-refractivity contribution in [2.75, 3.05) is 34.3 Å². The van der Waals surface area contributed by atoms with Gasteiger partial charge in [-0.05, 0) is 100 Å². The average Bonchev–Trinajstić information content (AvgIpc) is 4.09. The number of amides is 6. The van der Waals surface area contributed by atoms with Gasteiger partial charge >= 0.3 is 11.9 Å². The summed E-state index contributed by atoms with van der Waals surface area (Å²) in [7, 11) is 4.46. The fourth-order valence-electron chi connectivity index (χ4n) is 9.90. The standard InChI is InChI=1S/C54H85N7O13/c1-14-32(8)44-42(62)28-43(63)74-47(31(6)7)46(64)33(9)48(65)56-38(25-29(2)3)52(69)61-24-16-18-39(61)53(70)60(12)41(27-35-19-21-36(72-13)22-20-35)54(71)73-34(10)45(50(67)57-44)58-49(66)40(26-30(4)5)59(11)51(68)37-17-15-23-55-37/h19-22,29-34,37-42,44-45,47,55,62H,14-18,23-28H2,1-13H3,(H,56,65)(H,57,67)(H,58,66)/t32-,33-,34+,37-,38-,39-,40+,41-,42-,44+,45+,47-/m0/s1. The van der Waals surface area contributed by atoms with Crippen molar-refractivity contribution in [3.8, 4) is 5.75 Å². The second-order valence-electron chi connectivity index (χ2n) is 21.7. The van der Waals surface area contributed by atoms with E-state index in [0.717, 1.165) is 6.42 Å². The maximum atomic E-state index is 14.9. The van der Waals surface area contributed by atoms with E-state index in [2.05, 4.69) is 21.3 Å². The molecule has 0 saturated carbocycles. The number of cyclic esters (lactones) is 2. The molecule has 0 unspecified atom stereocenters. The lowest BCUT2D eigenvalue weighted by molar-refractivity contribution is -0.163. The molecule has 0 radical (unpaired) electrons. The number of fused-ring (bicyclic) bond motifs is 1. The number of benzene rings is 1. The topological polar surface area (TPSA) is 259 Å². The number of esters is 2. The SMILES string of the molecule is CC[C@H](C)[C@H]1NC(=O)[C@H](NC(=O)[C@@H](CC(C)C)N(C)C(=O)[C@@H]2CCCN2)[C@@H](C)OC(=O)[C@H](Cc2ccc(OC)cc2)N(C)C(=O)[C@@H]2CCCN2C(=O)[C@H](CC(C)C)NC(=O)[C@@H](C)C(=O)[C@H](C(C)C)OC(=O)C[C@@H]1O. The Morgan fingerprint density at radius 2 is 1.55 bits per heavy atom. The first-order chi connectivity index (χ1) is 34.8. The normalized spacial score (nSPS) is 28.3. The lowest BCUT2D eigenvalue weighted by Gasteiger charge is -2.36. The fourth-order valence-corrected chi connectivity index (χ4v) is 9.90. The minimum atomic E-state index is -1.67. The summed E-state index contributed by atoms with van der Waals surface area (Å²) in [4.78, 5) is 133. The number of carbonyl (C=O) groups is 9. The number of hydrogen-bond donors (Lipinski definition) is 5. The summed E-state index contributed by atoms with van der Waals surface area (Å²) in [5.41, 5.74) is 0.604. The van der Waals surface area contributed by atoms with Crippen LogP contribution in [0.15, 0.2) is 24.3 Å². The first-order valence-electron chi connectivity index (χ1n) is 26.5. The van der Waals surface area contributed by atoms with E-state index in [9.17, 15) is 48.3 Å². The molecule has 1 aromatic carbocycles. The molecule has 4 rings (SSSR count).